The van der Waals surface area contributed by atoms with Gasteiger partial charge in [0.2, 0.25) is 0 Å². The lowest BCUT2D eigenvalue weighted by molar-refractivity contribution is -0.178. The Morgan fingerprint density at radius 2 is 0.897 bits per heavy atom. The Kier molecular flexibility index (Phi) is 31.9. The number of likely N-dealkylation sites (tertiary alicyclic amines) is 2. The topological polar surface area (TPSA) is 130 Å². The first-order valence-corrected chi connectivity index (χ1v) is 23.0. The lowest BCUT2D eigenvalue weighted by atomic mass is 10.1. The van der Waals surface area contributed by atoms with E-state index >= 15 is 0 Å². The Labute approximate surface area is 351 Å². The maximum Gasteiger partial charge on any atom is 0.307 e. The summed E-state index contributed by atoms with van der Waals surface area (Å²) in [5, 5.41) is 0. The first-order chi connectivity index (χ1) is 28.4. The molecule has 2 aliphatic heterocycles. The molecule has 2 fully saturated rings. The third-order valence-corrected chi connectivity index (χ3v) is 10.5. The van der Waals surface area contributed by atoms with Crippen LogP contribution in [0.5, 0.6) is 0 Å². The van der Waals surface area contributed by atoms with Crippen LogP contribution in [0.2, 0.25) is 0 Å². The van der Waals surface area contributed by atoms with Crippen LogP contribution >= 0.6 is 0 Å². The van der Waals surface area contributed by atoms with Gasteiger partial charge in [0.05, 0.1) is 26.1 Å². The van der Waals surface area contributed by atoms with E-state index in [9.17, 15) is 19.2 Å². The molecule has 0 aromatic heterocycles. The van der Waals surface area contributed by atoms with E-state index in [-0.39, 0.29) is 49.9 Å². The minimum atomic E-state index is -0.827. The second kappa shape index (κ2) is 36.1. The number of nitrogens with zero attached hydrogens (tertiary/aromatic N) is 2. The SMILES string of the molecule is CCCCCC/C=C\COC(=O)CCCCCOCC(OC(=O)CCN1CCC1)C(COCCCCCC(=O)OC/C=C\CCCCCC)OC(=O)CCN1CCC1. The monoisotopic (exact) mass is 821 g/mol. The summed E-state index contributed by atoms with van der Waals surface area (Å²) in [5.74, 6) is -1.12. The van der Waals surface area contributed by atoms with E-state index in [1.54, 1.807) is 0 Å². The molecule has 2 atom stereocenters. The molecule has 0 N–H and O–H groups in total. The third-order valence-electron chi connectivity index (χ3n) is 10.5. The van der Waals surface area contributed by atoms with Crippen LogP contribution < -0.4 is 0 Å². The normalized spacial score (nSPS) is 15.6. The molecular formula is C46H80N2O10. The van der Waals surface area contributed by atoms with Crippen LogP contribution in [-0.4, -0.2) is 125 Å². The second-order valence-corrected chi connectivity index (χ2v) is 15.7. The summed E-state index contributed by atoms with van der Waals surface area (Å²) in [6.07, 6.45) is 26.0. The van der Waals surface area contributed by atoms with Crippen molar-refractivity contribution in [3.05, 3.63) is 24.3 Å². The standard InChI is InChI=1S/C46H80N2O10/c1-3-5-7-9-11-13-21-37-55-43(49)25-17-15-19-35-53-39-41(57-45(51)27-33-47-29-23-30-47)42(58-46(52)28-34-48-31-24-32-48)40-54-36-20-16-18-26-44(50)56-38-22-14-12-10-8-6-4-2/h13-14,21-22,41-42H,3-12,15-20,23-40H2,1-2H3/b21-13-,22-14-. The average molecular weight is 821 g/mol. The molecular weight excluding hydrogens is 741 g/mol. The number of allylic oxidation sites excluding steroid dienone is 2. The van der Waals surface area contributed by atoms with E-state index < -0.39 is 12.2 Å². The molecule has 2 heterocycles. The van der Waals surface area contributed by atoms with Crippen molar-refractivity contribution in [3.8, 4) is 0 Å². The average Bonchev–Trinajstić information content (AvgIpc) is 3.17. The highest BCUT2D eigenvalue weighted by molar-refractivity contribution is 5.71. The van der Waals surface area contributed by atoms with E-state index in [1.165, 1.54) is 51.4 Å². The highest BCUT2D eigenvalue weighted by atomic mass is 16.6. The number of unbranched alkanes of at least 4 members (excludes halogenated alkanes) is 12. The van der Waals surface area contributed by atoms with E-state index in [0.717, 1.165) is 77.5 Å². The maximum atomic E-state index is 13.0. The number of rotatable bonds is 39. The number of hydrogen-bond donors (Lipinski definition) is 0. The van der Waals surface area contributed by atoms with Gasteiger partial charge in [-0.3, -0.25) is 19.2 Å². The molecule has 0 amide bonds. The first kappa shape index (κ1) is 51.3. The summed E-state index contributed by atoms with van der Waals surface area (Å²) in [6.45, 7) is 11.2. The van der Waals surface area contributed by atoms with Crippen molar-refractivity contribution in [1.29, 1.82) is 0 Å². The molecule has 334 valence electrons. The highest BCUT2D eigenvalue weighted by Crippen LogP contribution is 2.15. The molecule has 0 radical (unpaired) electrons. The van der Waals surface area contributed by atoms with Gasteiger partial charge in [-0.2, -0.15) is 0 Å². The molecule has 0 spiro atoms. The summed E-state index contributed by atoms with van der Waals surface area (Å²) < 4.78 is 34.5. The van der Waals surface area contributed by atoms with Gasteiger partial charge in [0, 0.05) is 39.1 Å². The molecule has 58 heavy (non-hydrogen) atoms. The fraction of sp³-hybridized carbons (Fsp3) is 0.826. The van der Waals surface area contributed by atoms with Gasteiger partial charge in [-0.25, -0.2) is 0 Å². The number of esters is 4. The molecule has 2 saturated heterocycles. The molecule has 2 unspecified atom stereocenters. The largest absolute Gasteiger partial charge is 0.461 e. The van der Waals surface area contributed by atoms with E-state index in [1.807, 2.05) is 12.2 Å². The van der Waals surface area contributed by atoms with Gasteiger partial charge in [0.25, 0.3) is 0 Å². The molecule has 12 heteroatoms. The molecule has 2 rings (SSSR count). The molecule has 0 aliphatic carbocycles. The van der Waals surface area contributed by atoms with Gasteiger partial charge in [0.15, 0.2) is 12.2 Å². The van der Waals surface area contributed by atoms with Crippen molar-refractivity contribution in [1.82, 2.24) is 9.80 Å². The first-order valence-electron chi connectivity index (χ1n) is 23.0. The zero-order valence-corrected chi connectivity index (χ0v) is 36.5. The summed E-state index contributed by atoms with van der Waals surface area (Å²) >= 11 is 0. The van der Waals surface area contributed by atoms with Gasteiger partial charge in [-0.15, -0.1) is 0 Å². The Bertz CT molecular complexity index is 1040. The quantitative estimate of drug-likeness (QED) is 0.0256. The van der Waals surface area contributed by atoms with Crippen LogP contribution in [0.15, 0.2) is 24.3 Å². The smallest absolute Gasteiger partial charge is 0.307 e. The molecule has 12 nitrogen and oxygen atoms in total. The fourth-order valence-electron chi connectivity index (χ4n) is 6.48. The van der Waals surface area contributed by atoms with Crippen molar-refractivity contribution in [2.75, 3.05) is 78.9 Å². The zero-order chi connectivity index (χ0) is 41.7. The van der Waals surface area contributed by atoms with Crippen LogP contribution in [-0.2, 0) is 47.6 Å². The van der Waals surface area contributed by atoms with Crippen LogP contribution in [0, 0.1) is 0 Å². The fourth-order valence-corrected chi connectivity index (χ4v) is 6.48. The van der Waals surface area contributed by atoms with Crippen molar-refractivity contribution in [2.24, 2.45) is 0 Å². The summed E-state index contributed by atoms with van der Waals surface area (Å²) in [5.41, 5.74) is 0. The zero-order valence-electron chi connectivity index (χ0n) is 36.5. The maximum absolute atomic E-state index is 13.0. The molecule has 0 saturated carbocycles. The van der Waals surface area contributed by atoms with Gasteiger partial charge < -0.3 is 38.2 Å². The van der Waals surface area contributed by atoms with Crippen molar-refractivity contribution < 1.29 is 47.6 Å². The van der Waals surface area contributed by atoms with Crippen molar-refractivity contribution in [2.45, 2.75) is 167 Å². The third kappa shape index (κ3) is 28.6. The summed E-state index contributed by atoms with van der Waals surface area (Å²) in [7, 11) is 0. The lowest BCUT2D eigenvalue weighted by Gasteiger charge is -2.31. The summed E-state index contributed by atoms with van der Waals surface area (Å²) in [6, 6.07) is 0. The highest BCUT2D eigenvalue weighted by Gasteiger charge is 2.30. The molecule has 2 aliphatic rings. The second-order valence-electron chi connectivity index (χ2n) is 15.7. The van der Waals surface area contributed by atoms with Crippen molar-refractivity contribution in [3.63, 3.8) is 0 Å². The van der Waals surface area contributed by atoms with E-state index in [2.05, 4.69) is 35.8 Å². The minimum absolute atomic E-state index is 0.0614. The Morgan fingerprint density at radius 1 is 0.483 bits per heavy atom. The Balaban J connectivity index is 1.78. The van der Waals surface area contributed by atoms with Crippen LogP contribution in [0.3, 0.4) is 0 Å². The predicted octanol–water partition coefficient (Wildman–Crippen LogP) is 8.30. The molecule has 0 aromatic carbocycles. The molecule has 0 bridgehead atoms. The van der Waals surface area contributed by atoms with Crippen LogP contribution in [0.4, 0.5) is 0 Å². The lowest BCUT2D eigenvalue weighted by Crippen LogP contribution is -2.44. The predicted molar refractivity (Wildman–Crippen MR) is 227 cm³/mol. The van der Waals surface area contributed by atoms with E-state index in [4.69, 9.17) is 28.4 Å². The van der Waals surface area contributed by atoms with Crippen LogP contribution in [0.1, 0.15) is 155 Å². The van der Waals surface area contributed by atoms with E-state index in [0.29, 0.717) is 65.2 Å². The number of hydrogen-bond acceptors (Lipinski definition) is 12. The van der Waals surface area contributed by atoms with Gasteiger partial charge in [-0.05, 0) is 90.4 Å². The number of carbonyl (C=O) groups excluding carboxylic acids is 4. The summed E-state index contributed by atoms with van der Waals surface area (Å²) in [4.78, 5) is 54.7. The number of carbonyl (C=O) groups is 4. The van der Waals surface area contributed by atoms with Gasteiger partial charge in [0.1, 0.15) is 13.2 Å². The Hall–Kier alpha value is -2.80. The number of ether oxygens (including phenoxy) is 6. The molecule has 0 aromatic rings. The van der Waals surface area contributed by atoms with Crippen molar-refractivity contribution >= 4 is 23.9 Å². The van der Waals surface area contributed by atoms with Crippen LogP contribution in [0.25, 0.3) is 0 Å². The van der Waals surface area contributed by atoms with Gasteiger partial charge >= 0.3 is 23.9 Å². The Morgan fingerprint density at radius 3 is 1.28 bits per heavy atom. The minimum Gasteiger partial charge on any atom is -0.461 e. The van der Waals surface area contributed by atoms with Gasteiger partial charge in [-0.1, -0.05) is 89.5 Å².